The first kappa shape index (κ1) is 18.6. The van der Waals surface area contributed by atoms with Crippen LogP contribution >= 0.6 is 0 Å². The topological polar surface area (TPSA) is 47.6 Å². The van der Waals surface area contributed by atoms with E-state index >= 15 is 0 Å². The monoisotopic (exact) mass is 333 g/mol. The largest absolute Gasteiger partial charge is 0.493 e. The van der Waals surface area contributed by atoms with Gasteiger partial charge in [-0.05, 0) is 48.3 Å². The summed E-state index contributed by atoms with van der Waals surface area (Å²) in [7, 11) is 3.22. The third kappa shape index (κ3) is 4.65. The molecule has 4 nitrogen and oxygen atoms in total. The van der Waals surface area contributed by atoms with Crippen molar-refractivity contribution in [2.24, 2.45) is 17.8 Å². The number of ether oxygens (including phenoxy) is 2. The van der Waals surface area contributed by atoms with Crippen LogP contribution in [0.1, 0.15) is 45.6 Å². The van der Waals surface area contributed by atoms with Gasteiger partial charge >= 0.3 is 0 Å². The van der Waals surface area contributed by atoms with Gasteiger partial charge in [0.05, 0.1) is 20.6 Å². The second-order valence-electron chi connectivity index (χ2n) is 7.37. The number of carbonyl (C=O) groups excluding carboxylic acids is 1. The standard InChI is InChI=1S/C20H31NO3/c1-13(2)16-8-6-14(3)10-17(16)21-20(22)12-15-7-9-18(23-4)19(11-15)24-5/h7,9,11,13-14,16-17H,6,8,10,12H2,1-5H3,(H,21,22)/t14-,16+,17+/m1/s1. The zero-order valence-electron chi connectivity index (χ0n) is 15.6. The van der Waals surface area contributed by atoms with Gasteiger partial charge in [-0.2, -0.15) is 0 Å². The van der Waals surface area contributed by atoms with Crippen LogP contribution in [0.3, 0.4) is 0 Å². The first-order valence-electron chi connectivity index (χ1n) is 8.94. The molecule has 4 heteroatoms. The number of nitrogens with one attached hydrogen (secondary N) is 1. The van der Waals surface area contributed by atoms with Crippen LogP contribution in [0.2, 0.25) is 0 Å². The van der Waals surface area contributed by atoms with Crippen LogP contribution in [0.4, 0.5) is 0 Å². The molecule has 1 aromatic rings. The SMILES string of the molecule is COc1ccc(CC(=O)N[C@H]2C[C@H](C)CC[C@H]2C(C)C)cc1OC. The van der Waals surface area contributed by atoms with E-state index in [0.29, 0.717) is 41.7 Å². The van der Waals surface area contributed by atoms with Crippen LogP contribution in [0.15, 0.2) is 18.2 Å². The molecular formula is C20H31NO3. The van der Waals surface area contributed by atoms with E-state index in [9.17, 15) is 4.79 Å². The number of amides is 1. The Kier molecular flexibility index (Phi) is 6.52. The van der Waals surface area contributed by atoms with E-state index in [1.54, 1.807) is 14.2 Å². The number of hydrogen-bond acceptors (Lipinski definition) is 3. The minimum atomic E-state index is 0.0898. The lowest BCUT2D eigenvalue weighted by Gasteiger charge is -2.37. The van der Waals surface area contributed by atoms with Crippen molar-refractivity contribution in [1.82, 2.24) is 5.32 Å². The molecular weight excluding hydrogens is 302 g/mol. The quantitative estimate of drug-likeness (QED) is 0.861. The molecule has 134 valence electrons. The van der Waals surface area contributed by atoms with Gasteiger partial charge < -0.3 is 14.8 Å². The smallest absolute Gasteiger partial charge is 0.224 e. The van der Waals surface area contributed by atoms with Gasteiger partial charge in [-0.15, -0.1) is 0 Å². The Bertz CT molecular complexity index is 556. The Morgan fingerprint density at radius 2 is 1.92 bits per heavy atom. The fourth-order valence-electron chi connectivity index (χ4n) is 3.80. The molecule has 2 rings (SSSR count). The van der Waals surface area contributed by atoms with Gasteiger partial charge in [0.2, 0.25) is 5.91 Å². The zero-order valence-corrected chi connectivity index (χ0v) is 15.6. The molecule has 3 atom stereocenters. The molecule has 0 bridgehead atoms. The fourth-order valence-corrected chi connectivity index (χ4v) is 3.80. The third-order valence-corrected chi connectivity index (χ3v) is 5.18. The average molecular weight is 333 g/mol. The minimum absolute atomic E-state index is 0.0898. The van der Waals surface area contributed by atoms with Crippen LogP contribution in [0.25, 0.3) is 0 Å². The van der Waals surface area contributed by atoms with E-state index in [4.69, 9.17) is 9.47 Å². The van der Waals surface area contributed by atoms with Crippen molar-refractivity contribution in [3.63, 3.8) is 0 Å². The molecule has 0 aliphatic heterocycles. The highest BCUT2D eigenvalue weighted by atomic mass is 16.5. The van der Waals surface area contributed by atoms with E-state index in [1.807, 2.05) is 18.2 Å². The molecule has 1 aliphatic rings. The van der Waals surface area contributed by atoms with Crippen molar-refractivity contribution in [2.75, 3.05) is 14.2 Å². The maximum Gasteiger partial charge on any atom is 0.224 e. The molecule has 1 fully saturated rings. The molecule has 0 unspecified atom stereocenters. The highest BCUT2D eigenvalue weighted by Crippen LogP contribution is 2.33. The summed E-state index contributed by atoms with van der Waals surface area (Å²) in [5.74, 6) is 3.30. The van der Waals surface area contributed by atoms with E-state index in [0.717, 1.165) is 12.0 Å². The van der Waals surface area contributed by atoms with Crippen molar-refractivity contribution >= 4 is 5.91 Å². The summed E-state index contributed by atoms with van der Waals surface area (Å²) < 4.78 is 10.6. The first-order chi connectivity index (χ1) is 11.4. The lowest BCUT2D eigenvalue weighted by atomic mass is 9.74. The lowest BCUT2D eigenvalue weighted by molar-refractivity contribution is -0.122. The predicted molar refractivity (Wildman–Crippen MR) is 96.5 cm³/mol. The number of hydrogen-bond donors (Lipinski definition) is 1. The van der Waals surface area contributed by atoms with Crippen molar-refractivity contribution in [3.8, 4) is 11.5 Å². The van der Waals surface area contributed by atoms with Crippen molar-refractivity contribution in [3.05, 3.63) is 23.8 Å². The van der Waals surface area contributed by atoms with E-state index in [-0.39, 0.29) is 5.91 Å². The zero-order chi connectivity index (χ0) is 17.7. The molecule has 24 heavy (non-hydrogen) atoms. The van der Waals surface area contributed by atoms with Gasteiger partial charge in [-0.3, -0.25) is 4.79 Å². The summed E-state index contributed by atoms with van der Waals surface area (Å²) in [6.45, 7) is 6.80. The maximum absolute atomic E-state index is 12.5. The van der Waals surface area contributed by atoms with Crippen molar-refractivity contribution in [1.29, 1.82) is 0 Å². The van der Waals surface area contributed by atoms with Gasteiger partial charge in [0, 0.05) is 6.04 Å². The van der Waals surface area contributed by atoms with E-state index in [1.165, 1.54) is 12.8 Å². The molecule has 0 aromatic heterocycles. The van der Waals surface area contributed by atoms with Gasteiger partial charge in [0.25, 0.3) is 0 Å². The second-order valence-corrected chi connectivity index (χ2v) is 7.37. The Morgan fingerprint density at radius 3 is 2.54 bits per heavy atom. The lowest BCUT2D eigenvalue weighted by Crippen LogP contribution is -2.46. The number of methoxy groups -OCH3 is 2. The normalized spacial score (nSPS) is 23.8. The Labute approximate surface area is 145 Å². The minimum Gasteiger partial charge on any atom is -0.493 e. The number of benzene rings is 1. The van der Waals surface area contributed by atoms with Gasteiger partial charge in [0.1, 0.15) is 0 Å². The van der Waals surface area contributed by atoms with Gasteiger partial charge in [-0.25, -0.2) is 0 Å². The fraction of sp³-hybridized carbons (Fsp3) is 0.650. The molecule has 1 aliphatic carbocycles. The maximum atomic E-state index is 12.5. The van der Waals surface area contributed by atoms with Gasteiger partial charge in [-0.1, -0.05) is 33.3 Å². The number of rotatable bonds is 6. The molecule has 1 N–H and O–H groups in total. The van der Waals surface area contributed by atoms with Crippen LogP contribution in [0, 0.1) is 17.8 Å². The molecule has 1 saturated carbocycles. The van der Waals surface area contributed by atoms with Crippen LogP contribution in [-0.2, 0) is 11.2 Å². The molecule has 0 radical (unpaired) electrons. The molecule has 0 spiro atoms. The molecule has 0 heterocycles. The Hall–Kier alpha value is -1.71. The van der Waals surface area contributed by atoms with Crippen LogP contribution < -0.4 is 14.8 Å². The Morgan fingerprint density at radius 1 is 1.21 bits per heavy atom. The van der Waals surface area contributed by atoms with Gasteiger partial charge in [0.15, 0.2) is 11.5 Å². The molecule has 1 amide bonds. The summed E-state index contributed by atoms with van der Waals surface area (Å²) >= 11 is 0. The van der Waals surface area contributed by atoms with E-state index < -0.39 is 0 Å². The highest BCUT2D eigenvalue weighted by Gasteiger charge is 2.31. The summed E-state index contributed by atoms with van der Waals surface area (Å²) in [6.07, 6.45) is 3.93. The average Bonchev–Trinajstić information content (AvgIpc) is 2.54. The molecule has 0 saturated heterocycles. The highest BCUT2D eigenvalue weighted by molar-refractivity contribution is 5.79. The summed E-state index contributed by atoms with van der Waals surface area (Å²) in [6, 6.07) is 5.94. The first-order valence-corrected chi connectivity index (χ1v) is 8.94. The van der Waals surface area contributed by atoms with Crippen LogP contribution in [0.5, 0.6) is 11.5 Å². The van der Waals surface area contributed by atoms with Crippen molar-refractivity contribution in [2.45, 2.75) is 52.5 Å². The summed E-state index contributed by atoms with van der Waals surface area (Å²) in [4.78, 5) is 12.5. The summed E-state index contributed by atoms with van der Waals surface area (Å²) in [5, 5.41) is 3.28. The van der Waals surface area contributed by atoms with Crippen LogP contribution in [-0.4, -0.2) is 26.2 Å². The van der Waals surface area contributed by atoms with E-state index in [2.05, 4.69) is 26.1 Å². The Balaban J connectivity index is 2.01. The second kappa shape index (κ2) is 8.41. The summed E-state index contributed by atoms with van der Waals surface area (Å²) in [5.41, 5.74) is 0.940. The molecule has 1 aromatic carbocycles. The predicted octanol–water partition coefficient (Wildman–Crippen LogP) is 3.82. The van der Waals surface area contributed by atoms with Crippen molar-refractivity contribution < 1.29 is 14.3 Å². The number of carbonyl (C=O) groups is 1. The third-order valence-electron chi connectivity index (χ3n) is 5.18.